The molecule has 3 nitrogen and oxygen atoms in total. The lowest BCUT2D eigenvalue weighted by atomic mass is 10.1. The third-order valence-electron chi connectivity index (χ3n) is 3.63. The van der Waals surface area contributed by atoms with Crippen LogP contribution >= 0.6 is 11.3 Å². The van der Waals surface area contributed by atoms with Crippen LogP contribution in [0.25, 0.3) is 10.2 Å². The Bertz CT molecular complexity index is 759. The first-order chi connectivity index (χ1) is 10.7. The topological polar surface area (TPSA) is 33.2 Å². The van der Waals surface area contributed by atoms with E-state index in [-0.39, 0.29) is 5.91 Å². The number of amides is 1. The van der Waals surface area contributed by atoms with E-state index in [1.165, 1.54) is 5.56 Å². The van der Waals surface area contributed by atoms with Crippen molar-refractivity contribution in [1.82, 2.24) is 4.98 Å². The number of aryl methyl sites for hydroxylation is 1. The SMILES string of the molecule is CCC(=O)N(c1ccc(CC)cc1)c1nc2ccccc2s1. The molecule has 3 rings (SSSR count). The molecule has 0 radical (unpaired) electrons. The highest BCUT2D eigenvalue weighted by Gasteiger charge is 2.20. The van der Waals surface area contributed by atoms with E-state index in [4.69, 9.17) is 0 Å². The number of para-hydroxylation sites is 1. The highest BCUT2D eigenvalue weighted by molar-refractivity contribution is 7.22. The summed E-state index contributed by atoms with van der Waals surface area (Å²) in [7, 11) is 0. The molecular weight excluding hydrogens is 292 g/mol. The fourth-order valence-electron chi connectivity index (χ4n) is 2.36. The number of benzene rings is 2. The number of anilines is 2. The molecule has 0 fully saturated rings. The van der Waals surface area contributed by atoms with Gasteiger partial charge in [-0.15, -0.1) is 0 Å². The third kappa shape index (κ3) is 2.74. The van der Waals surface area contributed by atoms with Gasteiger partial charge in [0.15, 0.2) is 5.13 Å². The Morgan fingerprint density at radius 2 is 1.82 bits per heavy atom. The summed E-state index contributed by atoms with van der Waals surface area (Å²) in [5.41, 5.74) is 3.07. The van der Waals surface area contributed by atoms with E-state index in [1.807, 2.05) is 43.3 Å². The summed E-state index contributed by atoms with van der Waals surface area (Å²) in [6.07, 6.45) is 1.44. The van der Waals surface area contributed by atoms with Gasteiger partial charge in [0, 0.05) is 6.42 Å². The molecule has 1 amide bonds. The maximum Gasteiger partial charge on any atom is 0.233 e. The zero-order chi connectivity index (χ0) is 15.5. The maximum absolute atomic E-state index is 12.4. The smallest absolute Gasteiger partial charge is 0.233 e. The summed E-state index contributed by atoms with van der Waals surface area (Å²) in [6.45, 7) is 4.00. The lowest BCUT2D eigenvalue weighted by molar-refractivity contribution is -0.117. The number of thiazole rings is 1. The van der Waals surface area contributed by atoms with E-state index in [1.54, 1.807) is 16.2 Å². The molecule has 1 heterocycles. The fourth-order valence-corrected chi connectivity index (χ4v) is 3.36. The summed E-state index contributed by atoms with van der Waals surface area (Å²) in [4.78, 5) is 18.8. The second-order valence-corrected chi connectivity index (χ2v) is 6.08. The molecule has 2 aromatic carbocycles. The number of aromatic nitrogens is 1. The van der Waals surface area contributed by atoms with Gasteiger partial charge in [0.05, 0.1) is 15.9 Å². The predicted molar refractivity (Wildman–Crippen MR) is 92.9 cm³/mol. The Morgan fingerprint density at radius 3 is 2.45 bits per heavy atom. The minimum Gasteiger partial charge on any atom is -0.274 e. The summed E-state index contributed by atoms with van der Waals surface area (Å²) in [5, 5.41) is 0.734. The van der Waals surface area contributed by atoms with Gasteiger partial charge in [0.1, 0.15) is 0 Å². The van der Waals surface area contributed by atoms with Crippen LogP contribution in [0.5, 0.6) is 0 Å². The van der Waals surface area contributed by atoms with Crippen LogP contribution in [0.1, 0.15) is 25.8 Å². The van der Waals surface area contributed by atoms with Gasteiger partial charge in [-0.25, -0.2) is 4.98 Å². The van der Waals surface area contributed by atoms with Crippen molar-refractivity contribution >= 4 is 38.3 Å². The zero-order valence-electron chi connectivity index (χ0n) is 12.7. The van der Waals surface area contributed by atoms with Crippen LogP contribution in [0, 0.1) is 0 Å². The highest BCUT2D eigenvalue weighted by Crippen LogP contribution is 2.33. The summed E-state index contributed by atoms with van der Waals surface area (Å²) >= 11 is 1.55. The molecule has 0 aliphatic rings. The van der Waals surface area contributed by atoms with Crippen molar-refractivity contribution in [1.29, 1.82) is 0 Å². The average molecular weight is 310 g/mol. The van der Waals surface area contributed by atoms with Crippen molar-refractivity contribution in [3.63, 3.8) is 0 Å². The van der Waals surface area contributed by atoms with Gasteiger partial charge < -0.3 is 0 Å². The second kappa shape index (κ2) is 6.28. The lowest BCUT2D eigenvalue weighted by Gasteiger charge is -2.19. The first-order valence-corrected chi connectivity index (χ1v) is 8.32. The number of hydrogen-bond donors (Lipinski definition) is 0. The fraction of sp³-hybridized carbons (Fsp3) is 0.222. The molecule has 4 heteroatoms. The monoisotopic (exact) mass is 310 g/mol. The van der Waals surface area contributed by atoms with Crippen molar-refractivity contribution < 1.29 is 4.79 Å². The van der Waals surface area contributed by atoms with Gasteiger partial charge in [-0.3, -0.25) is 9.69 Å². The molecule has 0 aliphatic heterocycles. The number of hydrogen-bond acceptors (Lipinski definition) is 3. The van der Waals surface area contributed by atoms with Gasteiger partial charge in [0.25, 0.3) is 0 Å². The Labute approximate surface area is 134 Å². The normalized spacial score (nSPS) is 10.8. The van der Waals surface area contributed by atoms with Gasteiger partial charge in [-0.05, 0) is 36.2 Å². The summed E-state index contributed by atoms with van der Waals surface area (Å²) in [6, 6.07) is 16.1. The number of rotatable bonds is 4. The van der Waals surface area contributed by atoms with Crippen molar-refractivity contribution in [3.8, 4) is 0 Å². The third-order valence-corrected chi connectivity index (χ3v) is 4.65. The number of carbonyl (C=O) groups excluding carboxylic acids is 1. The van der Waals surface area contributed by atoms with Gasteiger partial charge in [-0.1, -0.05) is 49.4 Å². The maximum atomic E-state index is 12.4. The number of carbonyl (C=O) groups is 1. The van der Waals surface area contributed by atoms with E-state index in [2.05, 4.69) is 24.0 Å². The predicted octanol–water partition coefficient (Wildman–Crippen LogP) is 4.93. The van der Waals surface area contributed by atoms with Crippen LogP contribution in [0.15, 0.2) is 48.5 Å². The molecule has 0 saturated carbocycles. The molecule has 0 atom stereocenters. The summed E-state index contributed by atoms with van der Waals surface area (Å²) in [5.74, 6) is 0.0586. The first kappa shape index (κ1) is 14.7. The minimum atomic E-state index is 0.0586. The second-order valence-electron chi connectivity index (χ2n) is 5.07. The average Bonchev–Trinajstić information content (AvgIpc) is 2.99. The lowest BCUT2D eigenvalue weighted by Crippen LogP contribution is -2.24. The van der Waals surface area contributed by atoms with E-state index < -0.39 is 0 Å². The molecule has 0 aliphatic carbocycles. The van der Waals surface area contributed by atoms with Crippen molar-refractivity contribution in [2.75, 3.05) is 4.90 Å². The van der Waals surface area contributed by atoms with Gasteiger partial charge in [-0.2, -0.15) is 0 Å². The molecule has 3 aromatic rings. The van der Waals surface area contributed by atoms with Crippen LogP contribution in [0.2, 0.25) is 0 Å². The van der Waals surface area contributed by atoms with Crippen molar-refractivity contribution in [2.45, 2.75) is 26.7 Å². The molecule has 0 saturated heterocycles. The van der Waals surface area contributed by atoms with Crippen LogP contribution < -0.4 is 4.90 Å². The zero-order valence-corrected chi connectivity index (χ0v) is 13.6. The van der Waals surface area contributed by atoms with E-state index >= 15 is 0 Å². The Balaban J connectivity index is 2.07. The first-order valence-electron chi connectivity index (χ1n) is 7.50. The quantitative estimate of drug-likeness (QED) is 0.684. The van der Waals surface area contributed by atoms with Crippen LogP contribution in [0.4, 0.5) is 10.8 Å². The largest absolute Gasteiger partial charge is 0.274 e. The molecule has 0 unspecified atom stereocenters. The number of nitrogens with zero attached hydrogens (tertiary/aromatic N) is 2. The molecular formula is C18H18N2OS. The van der Waals surface area contributed by atoms with E-state index in [9.17, 15) is 4.79 Å². The van der Waals surface area contributed by atoms with Crippen LogP contribution in [-0.2, 0) is 11.2 Å². The minimum absolute atomic E-state index is 0.0586. The molecule has 1 aromatic heterocycles. The molecule has 0 bridgehead atoms. The molecule has 0 N–H and O–H groups in total. The van der Waals surface area contributed by atoms with Gasteiger partial charge in [0.2, 0.25) is 5.91 Å². The Hall–Kier alpha value is -2.20. The molecule has 0 spiro atoms. The standard InChI is InChI=1S/C18H18N2OS/c1-3-13-9-11-14(12-10-13)20(17(21)4-2)18-19-15-7-5-6-8-16(15)22-18/h5-12H,3-4H2,1-2H3. The van der Waals surface area contributed by atoms with Crippen molar-refractivity contribution in [2.24, 2.45) is 0 Å². The van der Waals surface area contributed by atoms with E-state index in [0.29, 0.717) is 6.42 Å². The Kier molecular flexibility index (Phi) is 4.20. The molecule has 22 heavy (non-hydrogen) atoms. The highest BCUT2D eigenvalue weighted by atomic mass is 32.1. The van der Waals surface area contributed by atoms with Crippen molar-refractivity contribution in [3.05, 3.63) is 54.1 Å². The van der Waals surface area contributed by atoms with Crippen LogP contribution in [-0.4, -0.2) is 10.9 Å². The van der Waals surface area contributed by atoms with Gasteiger partial charge >= 0.3 is 0 Å². The van der Waals surface area contributed by atoms with E-state index in [0.717, 1.165) is 27.5 Å². The Morgan fingerprint density at radius 1 is 1.09 bits per heavy atom. The summed E-state index contributed by atoms with van der Waals surface area (Å²) < 4.78 is 1.09. The molecule has 112 valence electrons. The van der Waals surface area contributed by atoms with Crippen LogP contribution in [0.3, 0.4) is 0 Å². The number of fused-ring (bicyclic) bond motifs is 1.